The van der Waals surface area contributed by atoms with Crippen LogP contribution >= 0.6 is 11.8 Å². The Bertz CT molecular complexity index is 470. The average Bonchev–Trinajstić information content (AvgIpc) is 2.85. The molecule has 1 aromatic heterocycles. The Kier molecular flexibility index (Phi) is 9.18. The van der Waals surface area contributed by atoms with E-state index in [-0.39, 0.29) is 0 Å². The zero-order chi connectivity index (χ0) is 14.7. The highest BCUT2D eigenvalue weighted by Crippen LogP contribution is 2.25. The number of aldehydes is 1. The molecule has 3 nitrogen and oxygen atoms in total. The largest absolute Gasteiger partial charge is 0.470 e. The van der Waals surface area contributed by atoms with E-state index < -0.39 is 0 Å². The average molecular weight is 277 g/mol. The van der Waals surface area contributed by atoms with Crippen molar-refractivity contribution in [1.82, 2.24) is 0 Å². The van der Waals surface area contributed by atoms with Gasteiger partial charge in [0, 0.05) is 4.91 Å². The summed E-state index contributed by atoms with van der Waals surface area (Å²) in [4.78, 5) is 14.9. The molecule has 0 fully saturated rings. The number of hydrogen-bond acceptors (Lipinski definition) is 4. The molecule has 1 aromatic rings. The molecule has 0 aliphatic carbocycles. The van der Waals surface area contributed by atoms with Crippen molar-refractivity contribution in [1.29, 1.82) is 0 Å². The molecule has 0 atom stereocenters. The molecule has 0 aliphatic rings. The standard InChI is InChI=1S/C10H13NOS.C5H6O/c1-8(2)10(13-4)9(11-3)6-5-7-12;1-5-3-2-4-6-5/h5-7H,1,3H2,2,4H3;2-4H,1H3/b6-5+,10-9+;. The summed E-state index contributed by atoms with van der Waals surface area (Å²) >= 11 is 1.54. The van der Waals surface area contributed by atoms with Gasteiger partial charge in [-0.2, -0.15) is 0 Å². The molecule has 0 aliphatic heterocycles. The van der Waals surface area contributed by atoms with Gasteiger partial charge < -0.3 is 4.42 Å². The monoisotopic (exact) mass is 277 g/mol. The molecular weight excluding hydrogens is 258 g/mol. The van der Waals surface area contributed by atoms with E-state index in [0.29, 0.717) is 12.0 Å². The van der Waals surface area contributed by atoms with Gasteiger partial charge in [0.25, 0.3) is 0 Å². The number of carbonyl (C=O) groups excluding carboxylic acids is 1. The van der Waals surface area contributed by atoms with Crippen molar-refractivity contribution in [2.75, 3.05) is 6.26 Å². The number of nitrogens with zero attached hydrogens (tertiary/aromatic N) is 1. The molecule has 1 rings (SSSR count). The minimum absolute atomic E-state index is 0.687. The van der Waals surface area contributed by atoms with Crippen molar-refractivity contribution >= 4 is 24.8 Å². The number of furan rings is 1. The van der Waals surface area contributed by atoms with Crippen molar-refractivity contribution in [3.8, 4) is 0 Å². The lowest BCUT2D eigenvalue weighted by atomic mass is 10.2. The van der Waals surface area contributed by atoms with Crippen LogP contribution in [-0.4, -0.2) is 19.3 Å². The molecule has 1 heterocycles. The number of aliphatic imine (C=N–C) groups is 1. The smallest absolute Gasteiger partial charge is 0.142 e. The molecule has 19 heavy (non-hydrogen) atoms. The van der Waals surface area contributed by atoms with Gasteiger partial charge in [-0.1, -0.05) is 6.58 Å². The van der Waals surface area contributed by atoms with Gasteiger partial charge in [-0.05, 0) is 56.7 Å². The second kappa shape index (κ2) is 10.1. The number of allylic oxidation sites excluding steroid dienone is 3. The van der Waals surface area contributed by atoms with Crippen LogP contribution < -0.4 is 0 Å². The summed E-state index contributed by atoms with van der Waals surface area (Å²) in [6.45, 7) is 11.1. The van der Waals surface area contributed by atoms with Crippen LogP contribution in [0, 0.1) is 6.92 Å². The van der Waals surface area contributed by atoms with Crippen LogP contribution in [0.3, 0.4) is 0 Å². The fourth-order valence-electron chi connectivity index (χ4n) is 1.19. The fourth-order valence-corrected chi connectivity index (χ4v) is 1.88. The first-order valence-electron chi connectivity index (χ1n) is 5.59. The van der Waals surface area contributed by atoms with Gasteiger partial charge in [0.15, 0.2) is 0 Å². The van der Waals surface area contributed by atoms with Gasteiger partial charge >= 0.3 is 0 Å². The summed E-state index contributed by atoms with van der Waals surface area (Å²) in [6.07, 6.45) is 7.32. The normalized spacial score (nSPS) is 11.3. The van der Waals surface area contributed by atoms with E-state index in [9.17, 15) is 4.79 Å². The molecule has 0 bridgehead atoms. The lowest BCUT2D eigenvalue weighted by Crippen LogP contribution is -1.84. The van der Waals surface area contributed by atoms with Gasteiger partial charge in [-0.25, -0.2) is 0 Å². The first-order valence-corrected chi connectivity index (χ1v) is 6.82. The van der Waals surface area contributed by atoms with E-state index in [2.05, 4.69) is 18.3 Å². The third-order valence-corrected chi connectivity index (χ3v) is 2.96. The summed E-state index contributed by atoms with van der Waals surface area (Å²) in [5.74, 6) is 0.968. The van der Waals surface area contributed by atoms with Gasteiger partial charge in [-0.15, -0.1) is 11.8 Å². The number of aryl methyl sites for hydroxylation is 1. The Morgan fingerprint density at radius 2 is 2.21 bits per heavy atom. The lowest BCUT2D eigenvalue weighted by molar-refractivity contribution is -0.104. The predicted molar refractivity (Wildman–Crippen MR) is 83.6 cm³/mol. The van der Waals surface area contributed by atoms with Crippen LogP contribution in [0.2, 0.25) is 0 Å². The molecule has 0 spiro atoms. The third kappa shape index (κ3) is 7.26. The van der Waals surface area contributed by atoms with Crippen LogP contribution in [0.5, 0.6) is 0 Å². The first-order chi connectivity index (χ1) is 9.06. The quantitative estimate of drug-likeness (QED) is 0.351. The number of hydrogen-bond donors (Lipinski definition) is 0. The van der Waals surface area contributed by atoms with Crippen molar-refractivity contribution in [2.45, 2.75) is 13.8 Å². The molecule has 0 saturated carbocycles. The fraction of sp³-hybridized carbons (Fsp3) is 0.200. The molecule has 0 unspecified atom stereocenters. The molecule has 0 amide bonds. The summed E-state index contributed by atoms with van der Waals surface area (Å²) in [5, 5.41) is 0. The highest BCUT2D eigenvalue weighted by atomic mass is 32.2. The van der Waals surface area contributed by atoms with Crippen LogP contribution in [0.15, 0.2) is 62.7 Å². The number of thioether (sulfide) groups is 1. The maximum atomic E-state index is 10.1. The summed E-state index contributed by atoms with van der Waals surface area (Å²) in [6, 6.07) is 3.79. The van der Waals surface area contributed by atoms with Crippen molar-refractivity contribution < 1.29 is 9.21 Å². The van der Waals surface area contributed by atoms with Gasteiger partial charge in [0.2, 0.25) is 0 Å². The minimum Gasteiger partial charge on any atom is -0.470 e. The molecule has 102 valence electrons. The van der Waals surface area contributed by atoms with Crippen molar-refractivity contribution in [3.05, 3.63) is 59.1 Å². The molecule has 0 saturated heterocycles. The Hall–Kier alpha value is -1.81. The van der Waals surface area contributed by atoms with Gasteiger partial charge in [-0.3, -0.25) is 9.79 Å². The third-order valence-electron chi connectivity index (χ3n) is 1.99. The molecular formula is C15H19NO2S. The Balaban J connectivity index is 0.000000443. The van der Waals surface area contributed by atoms with Gasteiger partial charge in [0.1, 0.15) is 12.0 Å². The summed E-state index contributed by atoms with van der Waals surface area (Å²) in [7, 11) is 0. The van der Waals surface area contributed by atoms with Crippen LogP contribution in [0.4, 0.5) is 0 Å². The number of rotatable bonds is 5. The summed E-state index contributed by atoms with van der Waals surface area (Å²) < 4.78 is 4.83. The molecule has 4 heteroatoms. The van der Waals surface area contributed by atoms with E-state index in [1.807, 2.05) is 32.2 Å². The van der Waals surface area contributed by atoms with Crippen LogP contribution in [0.25, 0.3) is 0 Å². The van der Waals surface area contributed by atoms with Gasteiger partial charge in [0.05, 0.1) is 12.0 Å². The molecule has 0 aromatic carbocycles. The summed E-state index contributed by atoms with van der Waals surface area (Å²) in [5.41, 5.74) is 1.61. The SMILES string of the molecule is C=NC(/C=C/C=O)=C(/SC)C(=C)C.Cc1ccco1. The Labute approximate surface area is 118 Å². The van der Waals surface area contributed by atoms with Crippen LogP contribution in [0.1, 0.15) is 12.7 Å². The highest BCUT2D eigenvalue weighted by Gasteiger charge is 2.01. The van der Waals surface area contributed by atoms with Crippen LogP contribution in [-0.2, 0) is 4.79 Å². The zero-order valence-electron chi connectivity index (χ0n) is 11.6. The second-order valence-electron chi connectivity index (χ2n) is 3.58. The van der Waals surface area contributed by atoms with E-state index in [1.54, 1.807) is 24.1 Å². The topological polar surface area (TPSA) is 42.6 Å². The first kappa shape index (κ1) is 17.2. The predicted octanol–water partition coefficient (Wildman–Crippen LogP) is 4.18. The van der Waals surface area contributed by atoms with E-state index in [4.69, 9.17) is 4.42 Å². The maximum absolute atomic E-state index is 10.1. The lowest BCUT2D eigenvalue weighted by Gasteiger charge is -2.04. The maximum Gasteiger partial charge on any atom is 0.142 e. The number of carbonyl (C=O) groups is 1. The van der Waals surface area contributed by atoms with Crippen molar-refractivity contribution in [2.24, 2.45) is 4.99 Å². The minimum atomic E-state index is 0.687. The molecule has 0 N–H and O–H groups in total. The second-order valence-corrected chi connectivity index (χ2v) is 4.39. The van der Waals surface area contributed by atoms with E-state index in [1.165, 1.54) is 6.08 Å². The van der Waals surface area contributed by atoms with E-state index in [0.717, 1.165) is 16.2 Å². The van der Waals surface area contributed by atoms with E-state index >= 15 is 0 Å². The zero-order valence-corrected chi connectivity index (χ0v) is 12.4. The Morgan fingerprint density at radius 3 is 2.47 bits per heavy atom. The molecule has 0 radical (unpaired) electrons. The van der Waals surface area contributed by atoms with Crippen molar-refractivity contribution in [3.63, 3.8) is 0 Å². The Morgan fingerprint density at radius 1 is 1.53 bits per heavy atom. The highest BCUT2D eigenvalue weighted by molar-refractivity contribution is 8.02.